The Balaban J connectivity index is 0.00000410. The van der Waals surface area contributed by atoms with E-state index in [9.17, 15) is 0 Å². The van der Waals surface area contributed by atoms with Crippen molar-refractivity contribution in [2.45, 2.75) is 27.7 Å². The number of hydrogen-bond acceptors (Lipinski definition) is 3. The quantitative estimate of drug-likeness (QED) is 0.128. The molecule has 0 bridgehead atoms. The number of nitrogens with zero attached hydrogens (tertiary/aromatic N) is 4. The number of imidazole rings is 1. The van der Waals surface area contributed by atoms with E-state index in [0.29, 0.717) is 0 Å². The molecule has 270 valence electrons. The first-order chi connectivity index (χ1) is 26.9. The Morgan fingerprint density at radius 1 is 0.589 bits per heavy atom. The zero-order valence-electron chi connectivity index (χ0n) is 31.6. The standard InChI is InChI=1S/C50H37BN4.Pt/c1-32-27-35(4)48(52-31-32)38-17-12-18-40(28-38)51-42-19-7-9-21-45(42)54(41-25-23-36-15-5-6-16-37(36)29-41)46-26-24-39(30-43(46)51)50-53-44-20-8-10-22-47(44)55(50)49-33(2)13-11-14-34(49)3;/h5-27,29,31H,1-4H3;/q-2;+2. The van der Waals surface area contributed by atoms with Crippen molar-refractivity contribution in [3.05, 3.63) is 186 Å². The van der Waals surface area contributed by atoms with Crippen LogP contribution in [0.1, 0.15) is 22.3 Å². The summed E-state index contributed by atoms with van der Waals surface area (Å²) in [6, 6.07) is 60.0. The van der Waals surface area contributed by atoms with Gasteiger partial charge in [-0.2, -0.15) is 5.46 Å². The Morgan fingerprint density at radius 3 is 2.18 bits per heavy atom. The van der Waals surface area contributed by atoms with Crippen LogP contribution in [-0.2, 0) is 21.1 Å². The van der Waals surface area contributed by atoms with Crippen LogP contribution in [-0.4, -0.2) is 21.2 Å². The molecule has 56 heavy (non-hydrogen) atoms. The second-order valence-electron chi connectivity index (χ2n) is 14.7. The monoisotopic (exact) mass is 899 g/mol. The predicted molar refractivity (Wildman–Crippen MR) is 230 cm³/mol. The minimum absolute atomic E-state index is 0. The third-order valence-corrected chi connectivity index (χ3v) is 11.0. The summed E-state index contributed by atoms with van der Waals surface area (Å²) in [5.74, 6) is 0.869. The van der Waals surface area contributed by atoms with Gasteiger partial charge in [-0.05, 0) is 102 Å². The van der Waals surface area contributed by atoms with E-state index in [4.69, 9.17) is 9.97 Å². The molecule has 0 atom stereocenters. The summed E-state index contributed by atoms with van der Waals surface area (Å²) in [6.07, 6.45) is 1.94. The van der Waals surface area contributed by atoms with Gasteiger partial charge >= 0.3 is 21.1 Å². The maximum Gasteiger partial charge on any atom is 2.00 e. The van der Waals surface area contributed by atoms with Crippen LogP contribution in [0.25, 0.3) is 50.1 Å². The van der Waals surface area contributed by atoms with E-state index in [1.165, 1.54) is 27.4 Å². The Kier molecular flexibility index (Phi) is 9.07. The molecule has 9 aromatic rings. The molecule has 2 aromatic heterocycles. The summed E-state index contributed by atoms with van der Waals surface area (Å²) in [4.78, 5) is 12.6. The van der Waals surface area contributed by atoms with Gasteiger partial charge in [-0.25, -0.2) is 0 Å². The van der Waals surface area contributed by atoms with Crippen LogP contribution < -0.4 is 21.3 Å². The fourth-order valence-electron chi connectivity index (χ4n) is 8.57. The molecule has 4 nitrogen and oxygen atoms in total. The van der Waals surface area contributed by atoms with E-state index >= 15 is 0 Å². The Labute approximate surface area is 342 Å². The van der Waals surface area contributed by atoms with E-state index in [2.05, 4.69) is 195 Å². The van der Waals surface area contributed by atoms with Crippen molar-refractivity contribution in [2.75, 3.05) is 4.90 Å². The molecule has 1 aliphatic rings. The van der Waals surface area contributed by atoms with Gasteiger partial charge < -0.3 is 14.5 Å². The van der Waals surface area contributed by atoms with Gasteiger partial charge in [0, 0.05) is 23.3 Å². The molecule has 1 aliphatic heterocycles. The Bertz CT molecular complexity index is 2950. The molecule has 7 aromatic carbocycles. The first-order valence-corrected chi connectivity index (χ1v) is 18.9. The molecule has 0 saturated heterocycles. The molecule has 0 spiro atoms. The Hall–Kier alpha value is -6.03. The van der Waals surface area contributed by atoms with Gasteiger partial charge in [0.25, 0.3) is 0 Å². The summed E-state index contributed by atoms with van der Waals surface area (Å²) >= 11 is 0. The van der Waals surface area contributed by atoms with Crippen molar-refractivity contribution in [2.24, 2.45) is 0 Å². The smallest absolute Gasteiger partial charge is 0.353 e. The van der Waals surface area contributed by atoms with Crippen molar-refractivity contribution in [3.63, 3.8) is 0 Å². The number of rotatable bonds is 5. The maximum absolute atomic E-state index is 5.32. The van der Waals surface area contributed by atoms with Crippen LogP contribution >= 0.6 is 0 Å². The van der Waals surface area contributed by atoms with Gasteiger partial charge in [0.1, 0.15) is 0 Å². The molecule has 0 aliphatic carbocycles. The van der Waals surface area contributed by atoms with Gasteiger partial charge in [-0.15, -0.1) is 59.1 Å². The fraction of sp³-hybridized carbons (Fsp3) is 0.0800. The number of aryl methyl sites for hydroxylation is 4. The molecular weight excluding hydrogens is 862 g/mol. The predicted octanol–water partition coefficient (Wildman–Crippen LogP) is 10.0. The number of fused-ring (bicyclic) bond motifs is 4. The molecule has 10 rings (SSSR count). The average Bonchev–Trinajstić information content (AvgIpc) is 3.58. The van der Waals surface area contributed by atoms with E-state index < -0.39 is 0 Å². The van der Waals surface area contributed by atoms with Crippen molar-refractivity contribution in [1.82, 2.24) is 14.5 Å². The van der Waals surface area contributed by atoms with E-state index in [1.54, 1.807) is 0 Å². The van der Waals surface area contributed by atoms with Crippen molar-refractivity contribution in [1.29, 1.82) is 0 Å². The van der Waals surface area contributed by atoms with Gasteiger partial charge in [0.15, 0.2) is 0 Å². The Morgan fingerprint density at radius 2 is 1.34 bits per heavy atom. The molecule has 3 heterocycles. The molecule has 0 N–H and O–H groups in total. The van der Waals surface area contributed by atoms with Gasteiger partial charge in [-0.1, -0.05) is 90.5 Å². The zero-order chi connectivity index (χ0) is 37.2. The van der Waals surface area contributed by atoms with Crippen LogP contribution in [0.4, 0.5) is 17.1 Å². The summed E-state index contributed by atoms with van der Waals surface area (Å²) in [5, 5.41) is 2.42. The fourth-order valence-corrected chi connectivity index (χ4v) is 8.57. The third kappa shape index (κ3) is 5.90. The molecule has 0 saturated carbocycles. The van der Waals surface area contributed by atoms with Crippen molar-refractivity contribution >= 4 is 62.0 Å². The van der Waals surface area contributed by atoms with Crippen LogP contribution in [0, 0.1) is 39.8 Å². The first kappa shape index (κ1) is 35.7. The molecule has 0 unspecified atom stereocenters. The summed E-state index contributed by atoms with van der Waals surface area (Å²) in [6.45, 7) is 8.43. The van der Waals surface area contributed by atoms with E-state index in [0.717, 1.165) is 78.5 Å². The second-order valence-corrected chi connectivity index (χ2v) is 14.7. The van der Waals surface area contributed by atoms with Gasteiger partial charge in [0.05, 0.1) is 16.9 Å². The number of para-hydroxylation sites is 4. The minimum atomic E-state index is -0.147. The van der Waals surface area contributed by atoms with Gasteiger partial charge in [0.2, 0.25) is 6.71 Å². The summed E-state index contributed by atoms with van der Waals surface area (Å²) in [5.41, 5.74) is 17.4. The van der Waals surface area contributed by atoms with Crippen LogP contribution in [0.15, 0.2) is 152 Å². The van der Waals surface area contributed by atoms with E-state index in [-0.39, 0.29) is 27.8 Å². The maximum atomic E-state index is 5.32. The molecule has 0 amide bonds. The molecule has 0 fully saturated rings. The minimum Gasteiger partial charge on any atom is -0.353 e. The SMILES string of the molecule is Cc1cnc(-c2[c-]c(B3c4[c-]c(-c5nc6ccccc6n5-c5c(C)cccc5C)ccc4N(c4ccc5ccccc5c4)c4ccccc43)ccc2)c(C)c1.[Pt+2]. The molecular formula is C50H37BN4Pt. The summed E-state index contributed by atoms with van der Waals surface area (Å²) < 4.78 is 2.32. The number of pyridine rings is 1. The molecule has 6 heteroatoms. The summed E-state index contributed by atoms with van der Waals surface area (Å²) in [7, 11) is 0. The number of benzene rings is 7. The third-order valence-electron chi connectivity index (χ3n) is 11.0. The average molecular weight is 900 g/mol. The first-order valence-electron chi connectivity index (χ1n) is 18.9. The topological polar surface area (TPSA) is 34.0 Å². The zero-order valence-corrected chi connectivity index (χ0v) is 33.9. The van der Waals surface area contributed by atoms with Crippen LogP contribution in [0.3, 0.4) is 0 Å². The number of anilines is 3. The van der Waals surface area contributed by atoms with E-state index in [1.807, 2.05) is 6.20 Å². The van der Waals surface area contributed by atoms with Gasteiger partial charge in [-0.3, -0.25) is 4.98 Å². The number of hydrogen-bond donors (Lipinski definition) is 0. The van der Waals surface area contributed by atoms with Crippen LogP contribution in [0.5, 0.6) is 0 Å². The normalized spacial score (nSPS) is 12.1. The van der Waals surface area contributed by atoms with Crippen LogP contribution in [0.2, 0.25) is 0 Å². The van der Waals surface area contributed by atoms with Crippen molar-refractivity contribution in [3.8, 4) is 28.3 Å². The molecule has 0 radical (unpaired) electrons. The second kappa shape index (κ2) is 14.2. The number of aromatic nitrogens is 3. The van der Waals surface area contributed by atoms with Crippen molar-refractivity contribution < 1.29 is 21.1 Å². The largest absolute Gasteiger partial charge is 2.00 e.